The lowest BCUT2D eigenvalue weighted by molar-refractivity contribution is -0.119. The van der Waals surface area contributed by atoms with Gasteiger partial charge in [-0.05, 0) is 19.1 Å². The van der Waals surface area contributed by atoms with E-state index in [1.165, 1.54) is 6.92 Å². The summed E-state index contributed by atoms with van der Waals surface area (Å²) in [6, 6.07) is 9.74. The molecule has 0 saturated heterocycles. The van der Waals surface area contributed by atoms with Crippen LogP contribution in [-0.4, -0.2) is 15.5 Å². The fraction of sp³-hybridized carbons (Fsp3) is 0.357. The first-order valence-electron chi connectivity index (χ1n) is 6.22. The summed E-state index contributed by atoms with van der Waals surface area (Å²) in [7, 11) is 0. The smallest absolute Gasteiger partial charge is 0.217 e. The summed E-state index contributed by atoms with van der Waals surface area (Å²) >= 11 is 0. The number of para-hydroxylation sites is 2. The van der Waals surface area contributed by atoms with Gasteiger partial charge in [-0.25, -0.2) is 4.98 Å². The Labute approximate surface area is 111 Å². The van der Waals surface area contributed by atoms with Gasteiger partial charge in [0.15, 0.2) is 0 Å². The lowest BCUT2D eigenvalue weighted by atomic mass is 10.3. The van der Waals surface area contributed by atoms with E-state index < -0.39 is 0 Å². The SMILES string of the molecule is CC(=O)NC(C)c1nc2ccccc2n1CCC#N. The van der Waals surface area contributed by atoms with E-state index in [-0.39, 0.29) is 11.9 Å². The van der Waals surface area contributed by atoms with E-state index >= 15 is 0 Å². The lowest BCUT2D eigenvalue weighted by Crippen LogP contribution is -2.26. The Bertz CT molecular complexity index is 638. The topological polar surface area (TPSA) is 70.7 Å². The number of nitrogens with one attached hydrogen (secondary N) is 1. The number of imidazole rings is 1. The first-order chi connectivity index (χ1) is 9.13. The number of carbonyl (C=O) groups excluding carboxylic acids is 1. The van der Waals surface area contributed by atoms with Gasteiger partial charge in [0.05, 0.1) is 29.6 Å². The normalized spacial score (nSPS) is 12.1. The first-order valence-corrected chi connectivity index (χ1v) is 6.22. The molecule has 0 saturated carbocycles. The average molecular weight is 256 g/mol. The van der Waals surface area contributed by atoms with Crippen LogP contribution in [0.1, 0.15) is 32.1 Å². The zero-order valence-electron chi connectivity index (χ0n) is 11.1. The number of nitriles is 1. The second-order valence-electron chi connectivity index (χ2n) is 4.44. The first kappa shape index (κ1) is 13.1. The van der Waals surface area contributed by atoms with Crippen molar-refractivity contribution in [1.29, 1.82) is 5.26 Å². The highest BCUT2D eigenvalue weighted by atomic mass is 16.1. The highest BCUT2D eigenvalue weighted by Gasteiger charge is 2.16. The molecule has 1 atom stereocenters. The molecule has 1 heterocycles. The predicted octanol–water partition coefficient (Wildman–Crippen LogP) is 2.15. The van der Waals surface area contributed by atoms with Crippen LogP contribution in [0, 0.1) is 11.3 Å². The molecule has 19 heavy (non-hydrogen) atoms. The molecular weight excluding hydrogens is 240 g/mol. The zero-order valence-corrected chi connectivity index (χ0v) is 11.1. The van der Waals surface area contributed by atoms with Gasteiger partial charge in [0.25, 0.3) is 0 Å². The third-order valence-electron chi connectivity index (χ3n) is 2.94. The van der Waals surface area contributed by atoms with Gasteiger partial charge in [-0.15, -0.1) is 0 Å². The maximum absolute atomic E-state index is 11.2. The van der Waals surface area contributed by atoms with E-state index in [2.05, 4.69) is 16.4 Å². The van der Waals surface area contributed by atoms with Gasteiger partial charge in [-0.1, -0.05) is 12.1 Å². The van der Waals surface area contributed by atoms with E-state index in [1.54, 1.807) is 0 Å². The molecular formula is C14H16N4O. The number of aryl methyl sites for hydroxylation is 1. The van der Waals surface area contributed by atoms with Crippen LogP contribution in [0.15, 0.2) is 24.3 Å². The number of aromatic nitrogens is 2. The van der Waals surface area contributed by atoms with Crippen LogP contribution in [0.3, 0.4) is 0 Å². The minimum atomic E-state index is -0.177. The van der Waals surface area contributed by atoms with Crippen molar-refractivity contribution < 1.29 is 4.79 Å². The summed E-state index contributed by atoms with van der Waals surface area (Å²) in [5.41, 5.74) is 1.87. The molecule has 0 aliphatic carbocycles. The van der Waals surface area contributed by atoms with Crippen LogP contribution in [0.25, 0.3) is 11.0 Å². The largest absolute Gasteiger partial charge is 0.347 e. The number of rotatable bonds is 4. The minimum Gasteiger partial charge on any atom is -0.347 e. The van der Waals surface area contributed by atoms with Gasteiger partial charge in [-0.3, -0.25) is 4.79 Å². The molecule has 1 aromatic carbocycles. The molecule has 0 fully saturated rings. The Morgan fingerprint density at radius 3 is 2.95 bits per heavy atom. The number of hydrogen-bond acceptors (Lipinski definition) is 3. The van der Waals surface area contributed by atoms with Gasteiger partial charge in [-0.2, -0.15) is 5.26 Å². The van der Waals surface area contributed by atoms with Gasteiger partial charge in [0, 0.05) is 13.5 Å². The molecule has 1 unspecified atom stereocenters. The molecule has 0 aliphatic heterocycles. The Balaban J connectivity index is 2.46. The Morgan fingerprint density at radius 1 is 1.53 bits per heavy atom. The molecule has 2 aromatic rings. The van der Waals surface area contributed by atoms with Gasteiger partial charge < -0.3 is 9.88 Å². The molecule has 1 amide bonds. The highest BCUT2D eigenvalue weighted by Crippen LogP contribution is 2.21. The van der Waals surface area contributed by atoms with Crippen molar-refractivity contribution in [1.82, 2.24) is 14.9 Å². The van der Waals surface area contributed by atoms with Crippen molar-refractivity contribution in [3.63, 3.8) is 0 Å². The Hall–Kier alpha value is -2.35. The number of nitrogens with zero attached hydrogens (tertiary/aromatic N) is 3. The number of benzene rings is 1. The highest BCUT2D eigenvalue weighted by molar-refractivity contribution is 5.77. The third kappa shape index (κ3) is 2.74. The monoisotopic (exact) mass is 256 g/mol. The molecule has 0 bridgehead atoms. The van der Waals surface area contributed by atoms with Crippen molar-refractivity contribution in [2.45, 2.75) is 32.9 Å². The predicted molar refractivity (Wildman–Crippen MR) is 72.2 cm³/mol. The molecule has 5 nitrogen and oxygen atoms in total. The van der Waals surface area contributed by atoms with Crippen LogP contribution in [0.2, 0.25) is 0 Å². The maximum Gasteiger partial charge on any atom is 0.217 e. The van der Waals surface area contributed by atoms with Crippen LogP contribution < -0.4 is 5.32 Å². The van der Waals surface area contributed by atoms with Gasteiger partial charge in [0.1, 0.15) is 5.82 Å². The third-order valence-corrected chi connectivity index (χ3v) is 2.94. The van der Waals surface area contributed by atoms with Gasteiger partial charge in [0.2, 0.25) is 5.91 Å². The second kappa shape index (κ2) is 5.53. The summed E-state index contributed by atoms with van der Waals surface area (Å²) in [6.07, 6.45) is 0.417. The summed E-state index contributed by atoms with van der Waals surface area (Å²) in [5, 5.41) is 11.6. The Morgan fingerprint density at radius 2 is 2.26 bits per heavy atom. The number of carbonyl (C=O) groups is 1. The quantitative estimate of drug-likeness (QED) is 0.911. The average Bonchev–Trinajstić information content (AvgIpc) is 2.74. The van der Waals surface area contributed by atoms with Crippen molar-refractivity contribution in [2.75, 3.05) is 0 Å². The summed E-state index contributed by atoms with van der Waals surface area (Å²) in [5.74, 6) is 0.693. The second-order valence-corrected chi connectivity index (χ2v) is 4.44. The van der Waals surface area contributed by atoms with Crippen molar-refractivity contribution >= 4 is 16.9 Å². The van der Waals surface area contributed by atoms with E-state index in [4.69, 9.17) is 5.26 Å². The molecule has 5 heteroatoms. The minimum absolute atomic E-state index is 0.0913. The summed E-state index contributed by atoms with van der Waals surface area (Å²) < 4.78 is 2.00. The number of fused-ring (bicyclic) bond motifs is 1. The molecule has 0 aliphatic rings. The van der Waals surface area contributed by atoms with E-state index in [0.29, 0.717) is 13.0 Å². The zero-order chi connectivity index (χ0) is 13.8. The fourth-order valence-corrected chi connectivity index (χ4v) is 2.19. The molecule has 2 rings (SSSR count). The molecule has 0 radical (unpaired) electrons. The van der Waals surface area contributed by atoms with E-state index in [0.717, 1.165) is 16.9 Å². The summed E-state index contributed by atoms with van der Waals surface area (Å²) in [4.78, 5) is 15.7. The number of hydrogen-bond donors (Lipinski definition) is 1. The molecule has 1 N–H and O–H groups in total. The van der Waals surface area contributed by atoms with Crippen molar-refractivity contribution in [3.05, 3.63) is 30.1 Å². The van der Waals surface area contributed by atoms with E-state index in [9.17, 15) is 4.79 Å². The fourth-order valence-electron chi connectivity index (χ4n) is 2.19. The van der Waals surface area contributed by atoms with Crippen molar-refractivity contribution in [3.8, 4) is 6.07 Å². The van der Waals surface area contributed by atoms with Gasteiger partial charge >= 0.3 is 0 Å². The van der Waals surface area contributed by atoms with Crippen LogP contribution >= 0.6 is 0 Å². The van der Waals surface area contributed by atoms with Crippen molar-refractivity contribution in [2.24, 2.45) is 0 Å². The lowest BCUT2D eigenvalue weighted by Gasteiger charge is -2.14. The molecule has 1 aromatic heterocycles. The molecule has 0 spiro atoms. The van der Waals surface area contributed by atoms with E-state index in [1.807, 2.05) is 35.8 Å². The number of amides is 1. The van der Waals surface area contributed by atoms with Crippen LogP contribution in [0.4, 0.5) is 0 Å². The maximum atomic E-state index is 11.2. The molecule has 98 valence electrons. The van der Waals surface area contributed by atoms with Crippen LogP contribution in [-0.2, 0) is 11.3 Å². The standard InChI is InChI=1S/C14H16N4O/c1-10(16-11(2)19)14-17-12-6-3-4-7-13(12)18(14)9-5-8-15/h3-4,6-7,10H,5,9H2,1-2H3,(H,16,19). The summed E-state index contributed by atoms with van der Waals surface area (Å²) in [6.45, 7) is 3.96. The van der Waals surface area contributed by atoms with Crippen LogP contribution in [0.5, 0.6) is 0 Å². The Kier molecular flexibility index (Phi) is 3.81.